The number of nitrogens with two attached hydrogens (primary N) is 1. The van der Waals surface area contributed by atoms with Gasteiger partial charge in [-0.2, -0.15) is 0 Å². The minimum absolute atomic E-state index is 0.252. The second-order valence-electron chi connectivity index (χ2n) is 7.97. The maximum absolute atomic E-state index is 14.3. The van der Waals surface area contributed by atoms with E-state index in [2.05, 4.69) is 15.7 Å². The number of rotatable bonds is 4. The molecule has 2 amide bonds. The molecule has 0 fully saturated rings. The van der Waals surface area contributed by atoms with Crippen molar-refractivity contribution in [2.75, 3.05) is 11.9 Å². The summed E-state index contributed by atoms with van der Waals surface area (Å²) in [6.07, 6.45) is 2.16. The number of fused-ring (bicyclic) bond motifs is 1. The third kappa shape index (κ3) is 4.50. The highest BCUT2D eigenvalue weighted by Crippen LogP contribution is 2.39. The molecular formula is C22H23ClFN5O2. The summed E-state index contributed by atoms with van der Waals surface area (Å²) in [5.74, 6) is 0.156. The van der Waals surface area contributed by atoms with Gasteiger partial charge in [-0.25, -0.2) is 13.9 Å². The number of carbonyl (C=O) groups excluding carboxylic acids is 1. The second-order valence-corrected chi connectivity index (χ2v) is 8.38. The molecule has 0 bridgehead atoms. The lowest BCUT2D eigenvalue weighted by Gasteiger charge is -2.27. The fourth-order valence-corrected chi connectivity index (χ4v) is 3.70. The van der Waals surface area contributed by atoms with Crippen molar-refractivity contribution in [3.63, 3.8) is 0 Å². The molecule has 9 heteroatoms. The van der Waals surface area contributed by atoms with Gasteiger partial charge in [0.15, 0.2) is 5.82 Å². The molecule has 2 heterocycles. The molecule has 7 nitrogen and oxygen atoms in total. The molecule has 0 spiro atoms. The van der Waals surface area contributed by atoms with Gasteiger partial charge in [-0.3, -0.25) is 5.32 Å². The van der Waals surface area contributed by atoms with Crippen LogP contribution in [0, 0.1) is 5.82 Å². The van der Waals surface area contributed by atoms with E-state index in [0.717, 1.165) is 11.3 Å². The Bertz CT molecular complexity index is 1110. The van der Waals surface area contributed by atoms with Crippen molar-refractivity contribution >= 4 is 23.4 Å². The Labute approximate surface area is 184 Å². The monoisotopic (exact) mass is 443 g/mol. The maximum Gasteiger partial charge on any atom is 0.320 e. The molecule has 31 heavy (non-hydrogen) atoms. The molecule has 1 aromatic heterocycles. The van der Waals surface area contributed by atoms with E-state index in [1.807, 2.05) is 38.1 Å². The van der Waals surface area contributed by atoms with Crippen molar-refractivity contribution in [1.82, 2.24) is 15.1 Å². The smallest absolute Gasteiger partial charge is 0.320 e. The normalized spacial score (nSPS) is 15.7. The van der Waals surface area contributed by atoms with E-state index in [4.69, 9.17) is 22.1 Å². The minimum Gasteiger partial charge on any atom is -0.491 e. The molecule has 0 unspecified atom stereocenters. The van der Waals surface area contributed by atoms with Crippen LogP contribution in [0.2, 0.25) is 5.02 Å². The number of nitrogens with zero attached hydrogens (tertiary/aromatic N) is 2. The van der Waals surface area contributed by atoms with E-state index in [0.29, 0.717) is 23.9 Å². The first-order chi connectivity index (χ1) is 14.7. The van der Waals surface area contributed by atoms with Crippen LogP contribution in [0.25, 0.3) is 5.69 Å². The zero-order valence-corrected chi connectivity index (χ0v) is 17.9. The molecule has 162 valence electrons. The average molecular weight is 444 g/mol. The van der Waals surface area contributed by atoms with Gasteiger partial charge in [0, 0.05) is 24.2 Å². The summed E-state index contributed by atoms with van der Waals surface area (Å²) in [5.41, 5.74) is 7.77. The molecule has 2 aromatic carbocycles. The SMILES string of the molecule is CC(C)(N)c1ccc(-n2ccc(NC(=O)N[C@H]3CCOc4c(Cl)ccc(F)c43)n2)cc1. The Morgan fingerprint density at radius 3 is 2.71 bits per heavy atom. The molecule has 4 rings (SSSR count). The Balaban J connectivity index is 1.44. The molecule has 0 saturated carbocycles. The highest BCUT2D eigenvalue weighted by Gasteiger charge is 2.28. The lowest BCUT2D eigenvalue weighted by atomic mass is 9.96. The number of hydrogen-bond acceptors (Lipinski definition) is 4. The van der Waals surface area contributed by atoms with Crippen LogP contribution in [-0.4, -0.2) is 22.4 Å². The molecule has 1 aliphatic heterocycles. The van der Waals surface area contributed by atoms with Crippen LogP contribution < -0.4 is 21.1 Å². The molecular weight excluding hydrogens is 421 g/mol. The van der Waals surface area contributed by atoms with E-state index in [9.17, 15) is 9.18 Å². The fraction of sp³-hybridized carbons (Fsp3) is 0.273. The summed E-state index contributed by atoms with van der Waals surface area (Å²) in [4.78, 5) is 12.5. The molecule has 4 N–H and O–H groups in total. The Morgan fingerprint density at radius 1 is 1.26 bits per heavy atom. The summed E-state index contributed by atoms with van der Waals surface area (Å²) in [6, 6.07) is 11.0. The van der Waals surface area contributed by atoms with Gasteiger partial charge >= 0.3 is 6.03 Å². The number of halogens is 2. The van der Waals surface area contributed by atoms with Gasteiger partial charge in [-0.1, -0.05) is 23.7 Å². The van der Waals surface area contributed by atoms with E-state index in [1.165, 1.54) is 12.1 Å². The quantitative estimate of drug-likeness (QED) is 0.553. The number of anilines is 1. The summed E-state index contributed by atoms with van der Waals surface area (Å²) in [7, 11) is 0. The number of carbonyl (C=O) groups is 1. The van der Waals surface area contributed by atoms with Gasteiger partial charge < -0.3 is 15.8 Å². The molecule has 1 aliphatic rings. The van der Waals surface area contributed by atoms with Gasteiger partial charge in [-0.15, -0.1) is 5.10 Å². The van der Waals surface area contributed by atoms with Crippen LogP contribution in [-0.2, 0) is 5.54 Å². The van der Waals surface area contributed by atoms with Gasteiger partial charge in [-0.05, 0) is 43.7 Å². The first-order valence-electron chi connectivity index (χ1n) is 9.86. The number of amides is 2. The lowest BCUT2D eigenvalue weighted by Crippen LogP contribution is -2.36. The number of aromatic nitrogens is 2. The number of benzene rings is 2. The summed E-state index contributed by atoms with van der Waals surface area (Å²) < 4.78 is 21.5. The second kappa shape index (κ2) is 8.20. The van der Waals surface area contributed by atoms with Crippen molar-refractivity contribution in [1.29, 1.82) is 0 Å². The standard InChI is InChI=1S/C22H23ClFN5O2/c1-22(2,25)13-3-5-14(6-4-13)29-11-9-18(28-29)27-21(30)26-17-10-12-31-20-15(23)7-8-16(24)19(17)20/h3-9,11,17H,10,12,25H2,1-2H3,(H2,26,27,28,30)/t17-/m0/s1. The Hall–Kier alpha value is -3.10. The third-order valence-electron chi connectivity index (χ3n) is 5.11. The summed E-state index contributed by atoms with van der Waals surface area (Å²) in [5, 5.41) is 10.1. The third-order valence-corrected chi connectivity index (χ3v) is 5.41. The van der Waals surface area contributed by atoms with Crippen molar-refractivity contribution in [3.05, 3.63) is 70.6 Å². The lowest BCUT2D eigenvalue weighted by molar-refractivity contribution is 0.230. The first-order valence-corrected chi connectivity index (χ1v) is 10.2. The number of nitrogens with one attached hydrogen (secondary N) is 2. The van der Waals surface area contributed by atoms with Crippen LogP contribution in [0.5, 0.6) is 5.75 Å². The van der Waals surface area contributed by atoms with Crippen LogP contribution in [0.3, 0.4) is 0 Å². The zero-order valence-electron chi connectivity index (χ0n) is 17.2. The van der Waals surface area contributed by atoms with Gasteiger partial charge in [0.25, 0.3) is 0 Å². The van der Waals surface area contributed by atoms with Crippen LogP contribution >= 0.6 is 11.6 Å². The topological polar surface area (TPSA) is 94.2 Å². The van der Waals surface area contributed by atoms with Gasteiger partial charge in [0.05, 0.1) is 28.9 Å². The van der Waals surface area contributed by atoms with Crippen molar-refractivity contribution in [3.8, 4) is 11.4 Å². The Morgan fingerprint density at radius 2 is 2.00 bits per heavy atom. The van der Waals surface area contributed by atoms with Crippen molar-refractivity contribution < 1.29 is 13.9 Å². The number of hydrogen-bond donors (Lipinski definition) is 3. The van der Waals surface area contributed by atoms with Crippen LogP contribution in [0.1, 0.15) is 37.4 Å². The van der Waals surface area contributed by atoms with Gasteiger partial charge in [0.2, 0.25) is 0 Å². The minimum atomic E-state index is -0.559. The van der Waals surface area contributed by atoms with Gasteiger partial charge in [0.1, 0.15) is 11.6 Å². The molecule has 1 atom stereocenters. The fourth-order valence-electron chi connectivity index (χ4n) is 3.48. The molecule has 0 aliphatic carbocycles. The van der Waals surface area contributed by atoms with E-state index in [1.54, 1.807) is 16.9 Å². The maximum atomic E-state index is 14.3. The average Bonchev–Trinajstić information content (AvgIpc) is 3.18. The molecule has 0 saturated heterocycles. The summed E-state index contributed by atoms with van der Waals surface area (Å²) >= 11 is 6.10. The highest BCUT2D eigenvalue weighted by molar-refractivity contribution is 6.32. The first kappa shape index (κ1) is 21.1. The number of ether oxygens (including phenoxy) is 1. The van der Waals surface area contributed by atoms with Crippen LogP contribution in [0.4, 0.5) is 15.0 Å². The van der Waals surface area contributed by atoms with Crippen LogP contribution in [0.15, 0.2) is 48.7 Å². The molecule has 0 radical (unpaired) electrons. The molecule has 3 aromatic rings. The zero-order chi connectivity index (χ0) is 22.2. The van der Waals surface area contributed by atoms with E-state index in [-0.39, 0.29) is 11.3 Å². The van der Waals surface area contributed by atoms with Crippen molar-refractivity contribution in [2.24, 2.45) is 5.73 Å². The summed E-state index contributed by atoms with van der Waals surface area (Å²) in [6.45, 7) is 4.20. The van der Waals surface area contributed by atoms with E-state index >= 15 is 0 Å². The van der Waals surface area contributed by atoms with Crippen molar-refractivity contribution in [2.45, 2.75) is 31.8 Å². The predicted octanol–water partition coefficient (Wildman–Crippen LogP) is 4.50. The number of urea groups is 1. The largest absolute Gasteiger partial charge is 0.491 e. The highest BCUT2D eigenvalue weighted by atomic mass is 35.5. The van der Waals surface area contributed by atoms with E-state index < -0.39 is 23.4 Å². The predicted molar refractivity (Wildman–Crippen MR) is 117 cm³/mol. The Kier molecular flexibility index (Phi) is 5.60.